The Bertz CT molecular complexity index is 919. The van der Waals surface area contributed by atoms with Crippen molar-refractivity contribution in [3.05, 3.63) is 77.6 Å². The third-order valence-electron chi connectivity index (χ3n) is 4.89. The van der Waals surface area contributed by atoms with Crippen molar-refractivity contribution in [2.24, 2.45) is 5.73 Å². The van der Waals surface area contributed by atoms with Gasteiger partial charge in [0.1, 0.15) is 5.78 Å². The number of ether oxygens (including phenoxy) is 1. The SMILES string of the molecule is CC(C)OCc1ccc([C@@H](CCN)C(=O)Cc2ccc3cnccc3c2)cc1. The highest BCUT2D eigenvalue weighted by Crippen LogP contribution is 2.24. The van der Waals surface area contributed by atoms with Gasteiger partial charge in [0.2, 0.25) is 0 Å². The van der Waals surface area contributed by atoms with Gasteiger partial charge in [-0.1, -0.05) is 42.5 Å². The summed E-state index contributed by atoms with van der Waals surface area (Å²) in [5, 5.41) is 2.18. The Kier molecular flexibility index (Phi) is 6.90. The number of Topliss-reactive ketones (excluding diaryl/α,β-unsaturated/α-hetero) is 1. The molecule has 1 atom stereocenters. The number of nitrogens with two attached hydrogens (primary N) is 1. The van der Waals surface area contributed by atoms with Gasteiger partial charge in [0.15, 0.2) is 0 Å². The first-order chi connectivity index (χ1) is 13.6. The van der Waals surface area contributed by atoms with Crippen molar-refractivity contribution in [3.63, 3.8) is 0 Å². The third-order valence-corrected chi connectivity index (χ3v) is 4.89. The van der Waals surface area contributed by atoms with E-state index in [1.807, 2.05) is 62.5 Å². The number of aromatic nitrogens is 1. The number of benzene rings is 2. The minimum absolute atomic E-state index is 0.182. The number of hydrogen-bond donors (Lipinski definition) is 1. The average molecular weight is 376 g/mol. The third kappa shape index (κ3) is 5.24. The molecule has 0 amide bonds. The minimum atomic E-state index is -0.182. The van der Waals surface area contributed by atoms with Gasteiger partial charge >= 0.3 is 0 Å². The molecule has 0 saturated heterocycles. The van der Waals surface area contributed by atoms with Crippen LogP contribution in [0.1, 0.15) is 42.9 Å². The van der Waals surface area contributed by atoms with Crippen molar-refractivity contribution in [1.82, 2.24) is 4.98 Å². The minimum Gasteiger partial charge on any atom is -0.374 e. The second-order valence-corrected chi connectivity index (χ2v) is 7.43. The molecule has 1 aromatic heterocycles. The van der Waals surface area contributed by atoms with E-state index in [-0.39, 0.29) is 17.8 Å². The highest BCUT2D eigenvalue weighted by atomic mass is 16.5. The summed E-state index contributed by atoms with van der Waals surface area (Å²) < 4.78 is 5.65. The lowest BCUT2D eigenvalue weighted by Gasteiger charge is -2.17. The van der Waals surface area contributed by atoms with Crippen molar-refractivity contribution in [1.29, 1.82) is 0 Å². The van der Waals surface area contributed by atoms with E-state index in [2.05, 4.69) is 11.1 Å². The number of carbonyl (C=O) groups is 1. The molecule has 0 aliphatic carbocycles. The van der Waals surface area contributed by atoms with Crippen LogP contribution in [0.15, 0.2) is 60.9 Å². The van der Waals surface area contributed by atoms with Crippen molar-refractivity contribution in [2.75, 3.05) is 6.54 Å². The van der Waals surface area contributed by atoms with Gasteiger partial charge in [-0.15, -0.1) is 0 Å². The maximum Gasteiger partial charge on any atom is 0.144 e. The first kappa shape index (κ1) is 20.2. The lowest BCUT2D eigenvalue weighted by molar-refractivity contribution is -0.120. The van der Waals surface area contributed by atoms with Crippen molar-refractivity contribution in [2.45, 2.75) is 45.3 Å². The van der Waals surface area contributed by atoms with Crippen molar-refractivity contribution >= 4 is 16.6 Å². The predicted molar refractivity (Wildman–Crippen MR) is 113 cm³/mol. The van der Waals surface area contributed by atoms with Gasteiger partial charge in [0, 0.05) is 30.1 Å². The summed E-state index contributed by atoms with van der Waals surface area (Å²) in [5.74, 6) is 0.0169. The van der Waals surface area contributed by atoms with Gasteiger partial charge in [-0.25, -0.2) is 0 Å². The highest BCUT2D eigenvalue weighted by molar-refractivity contribution is 5.89. The standard InChI is InChI=1S/C24H28N2O2/c1-17(2)28-16-18-3-6-20(7-4-18)23(9-11-25)24(27)14-19-5-8-22-15-26-12-10-21(22)13-19/h3-8,10,12-13,15,17,23H,9,11,14,16,25H2,1-2H3/t23-/m1/s1. The van der Waals surface area contributed by atoms with Gasteiger partial charge in [0.25, 0.3) is 0 Å². The number of carbonyl (C=O) groups excluding carboxylic acids is 1. The molecule has 146 valence electrons. The van der Waals surface area contributed by atoms with Crippen LogP contribution in [0, 0.1) is 0 Å². The summed E-state index contributed by atoms with van der Waals surface area (Å²) >= 11 is 0. The van der Waals surface area contributed by atoms with E-state index >= 15 is 0 Å². The fraction of sp³-hybridized carbons (Fsp3) is 0.333. The number of rotatable bonds is 9. The van der Waals surface area contributed by atoms with E-state index in [1.54, 1.807) is 6.20 Å². The lowest BCUT2D eigenvalue weighted by Crippen LogP contribution is -2.19. The monoisotopic (exact) mass is 376 g/mol. The van der Waals surface area contributed by atoms with E-state index in [1.165, 1.54) is 0 Å². The maximum atomic E-state index is 13.0. The molecule has 0 unspecified atom stereocenters. The molecule has 3 rings (SSSR count). The zero-order valence-corrected chi connectivity index (χ0v) is 16.6. The zero-order valence-electron chi connectivity index (χ0n) is 16.6. The van der Waals surface area contributed by atoms with Crippen LogP contribution >= 0.6 is 0 Å². The van der Waals surface area contributed by atoms with Crippen LogP contribution in [-0.2, 0) is 22.6 Å². The fourth-order valence-electron chi connectivity index (χ4n) is 3.36. The molecular weight excluding hydrogens is 348 g/mol. The normalized spacial score (nSPS) is 12.4. The Hall–Kier alpha value is -2.56. The summed E-state index contributed by atoms with van der Waals surface area (Å²) in [6.45, 7) is 5.11. The van der Waals surface area contributed by atoms with E-state index in [9.17, 15) is 4.79 Å². The predicted octanol–water partition coefficient (Wildman–Crippen LogP) is 4.40. The molecular formula is C24H28N2O2. The topological polar surface area (TPSA) is 65.2 Å². The summed E-state index contributed by atoms with van der Waals surface area (Å²) in [7, 11) is 0. The average Bonchev–Trinajstić information content (AvgIpc) is 2.71. The molecule has 0 aliphatic rings. The molecule has 4 nitrogen and oxygen atoms in total. The lowest BCUT2D eigenvalue weighted by atomic mass is 9.88. The summed E-state index contributed by atoms with van der Waals surface area (Å²) in [5.41, 5.74) is 8.96. The van der Waals surface area contributed by atoms with Gasteiger partial charge in [-0.3, -0.25) is 9.78 Å². The van der Waals surface area contributed by atoms with Gasteiger partial charge in [0.05, 0.1) is 12.7 Å². The van der Waals surface area contributed by atoms with Crippen LogP contribution in [0.3, 0.4) is 0 Å². The van der Waals surface area contributed by atoms with Crippen LogP contribution in [-0.4, -0.2) is 23.4 Å². The molecule has 2 aromatic carbocycles. The van der Waals surface area contributed by atoms with Gasteiger partial charge < -0.3 is 10.5 Å². The second kappa shape index (κ2) is 9.58. The van der Waals surface area contributed by atoms with Crippen LogP contribution in [0.25, 0.3) is 10.8 Å². The molecule has 28 heavy (non-hydrogen) atoms. The van der Waals surface area contributed by atoms with E-state index in [0.717, 1.165) is 27.5 Å². The number of ketones is 1. The summed E-state index contributed by atoms with van der Waals surface area (Å²) in [6, 6.07) is 16.2. The van der Waals surface area contributed by atoms with E-state index in [4.69, 9.17) is 10.5 Å². The maximum absolute atomic E-state index is 13.0. The van der Waals surface area contributed by atoms with Gasteiger partial charge in [-0.05, 0) is 55.0 Å². The molecule has 1 heterocycles. The molecule has 0 spiro atoms. The van der Waals surface area contributed by atoms with E-state index < -0.39 is 0 Å². The van der Waals surface area contributed by atoms with Crippen LogP contribution in [0.5, 0.6) is 0 Å². The molecule has 4 heteroatoms. The Morgan fingerprint density at radius 3 is 2.50 bits per heavy atom. The first-order valence-corrected chi connectivity index (χ1v) is 9.82. The highest BCUT2D eigenvalue weighted by Gasteiger charge is 2.20. The Morgan fingerprint density at radius 1 is 1.04 bits per heavy atom. The van der Waals surface area contributed by atoms with E-state index in [0.29, 0.717) is 26.0 Å². The smallest absolute Gasteiger partial charge is 0.144 e. The Morgan fingerprint density at radius 2 is 1.79 bits per heavy atom. The zero-order chi connectivity index (χ0) is 19.9. The molecule has 0 radical (unpaired) electrons. The fourth-order valence-corrected chi connectivity index (χ4v) is 3.36. The molecule has 3 aromatic rings. The Labute approximate surface area is 166 Å². The molecule has 0 bridgehead atoms. The molecule has 0 aliphatic heterocycles. The Balaban J connectivity index is 1.73. The quantitative estimate of drug-likeness (QED) is 0.601. The van der Waals surface area contributed by atoms with Crippen molar-refractivity contribution in [3.8, 4) is 0 Å². The van der Waals surface area contributed by atoms with Crippen LogP contribution in [0.2, 0.25) is 0 Å². The largest absolute Gasteiger partial charge is 0.374 e. The first-order valence-electron chi connectivity index (χ1n) is 9.82. The molecule has 0 saturated carbocycles. The number of fused-ring (bicyclic) bond motifs is 1. The van der Waals surface area contributed by atoms with Gasteiger partial charge in [-0.2, -0.15) is 0 Å². The number of hydrogen-bond acceptors (Lipinski definition) is 4. The second-order valence-electron chi connectivity index (χ2n) is 7.43. The molecule has 0 fully saturated rings. The number of nitrogens with zero attached hydrogens (tertiary/aromatic N) is 1. The van der Waals surface area contributed by atoms with Crippen molar-refractivity contribution < 1.29 is 9.53 Å². The van der Waals surface area contributed by atoms with Crippen LogP contribution < -0.4 is 5.73 Å². The summed E-state index contributed by atoms with van der Waals surface area (Å²) in [6.07, 6.45) is 4.86. The number of pyridine rings is 1. The summed E-state index contributed by atoms with van der Waals surface area (Å²) in [4.78, 5) is 17.2. The molecule has 2 N–H and O–H groups in total. The van der Waals surface area contributed by atoms with Crippen LogP contribution in [0.4, 0.5) is 0 Å².